The first-order valence-electron chi connectivity index (χ1n) is 8.10. The fourth-order valence-corrected chi connectivity index (χ4v) is 2.84. The van der Waals surface area contributed by atoms with Gasteiger partial charge in [-0.1, -0.05) is 12.1 Å². The number of ether oxygens (including phenoxy) is 1. The molecule has 0 amide bonds. The Balaban J connectivity index is 2.17. The van der Waals surface area contributed by atoms with Gasteiger partial charge >= 0.3 is 6.18 Å². The minimum absolute atomic E-state index is 0.105. The van der Waals surface area contributed by atoms with Gasteiger partial charge in [-0.15, -0.1) is 0 Å². The number of hydrogen-bond acceptors (Lipinski definition) is 3. The highest BCUT2D eigenvalue weighted by Crippen LogP contribution is 2.33. The molecule has 136 valence electrons. The van der Waals surface area contributed by atoms with Crippen LogP contribution in [0.4, 0.5) is 13.2 Å². The number of alkyl halides is 3. The number of fused-ring (bicyclic) bond motifs is 1. The first kappa shape index (κ1) is 18.0. The third-order valence-electron chi connectivity index (χ3n) is 4.00. The van der Waals surface area contributed by atoms with Crippen LogP contribution in [-0.2, 0) is 12.7 Å². The summed E-state index contributed by atoms with van der Waals surface area (Å²) < 4.78 is 47.1. The Kier molecular flexibility index (Phi) is 4.71. The maximum Gasteiger partial charge on any atom is 0.449 e. The summed E-state index contributed by atoms with van der Waals surface area (Å²) in [5.74, 6) is -0.696. The van der Waals surface area contributed by atoms with Crippen LogP contribution in [-0.4, -0.2) is 21.9 Å². The molecule has 4 nitrogen and oxygen atoms in total. The second-order valence-corrected chi connectivity index (χ2v) is 5.82. The van der Waals surface area contributed by atoms with Crippen molar-refractivity contribution in [1.29, 1.82) is 0 Å². The van der Waals surface area contributed by atoms with Gasteiger partial charge in [-0.05, 0) is 44.2 Å². The number of imidazole rings is 1. The Bertz CT molecular complexity index is 961. The monoisotopic (exact) mass is 362 g/mol. The fraction of sp³-hybridized carbons (Fsp3) is 0.263. The number of carbonyl (C=O) groups is 1. The lowest BCUT2D eigenvalue weighted by Crippen LogP contribution is -2.16. The van der Waals surface area contributed by atoms with Gasteiger partial charge in [0.25, 0.3) is 0 Å². The quantitative estimate of drug-likeness (QED) is 0.618. The van der Waals surface area contributed by atoms with E-state index in [4.69, 9.17) is 4.74 Å². The zero-order valence-electron chi connectivity index (χ0n) is 14.3. The van der Waals surface area contributed by atoms with Crippen LogP contribution in [0.15, 0.2) is 42.5 Å². The Hall–Kier alpha value is -2.83. The molecule has 1 heterocycles. The smallest absolute Gasteiger partial charge is 0.449 e. The molecule has 0 saturated carbocycles. The predicted octanol–water partition coefficient (Wildman–Crippen LogP) is 4.70. The van der Waals surface area contributed by atoms with Crippen LogP contribution < -0.4 is 4.74 Å². The van der Waals surface area contributed by atoms with Crippen molar-refractivity contribution >= 4 is 16.8 Å². The molecule has 0 aliphatic heterocycles. The fourth-order valence-electron chi connectivity index (χ4n) is 2.84. The van der Waals surface area contributed by atoms with Gasteiger partial charge in [-0.2, -0.15) is 13.2 Å². The zero-order valence-corrected chi connectivity index (χ0v) is 14.3. The van der Waals surface area contributed by atoms with Crippen molar-refractivity contribution in [2.45, 2.75) is 26.6 Å². The molecule has 0 aliphatic carbocycles. The molecule has 0 fully saturated rings. The molecule has 0 saturated heterocycles. The lowest BCUT2D eigenvalue weighted by Gasteiger charge is -2.15. The van der Waals surface area contributed by atoms with E-state index in [1.54, 1.807) is 43.3 Å². The first-order chi connectivity index (χ1) is 12.3. The van der Waals surface area contributed by atoms with Crippen LogP contribution in [0.3, 0.4) is 0 Å². The van der Waals surface area contributed by atoms with Crippen molar-refractivity contribution < 1.29 is 22.7 Å². The van der Waals surface area contributed by atoms with Gasteiger partial charge in [-0.25, -0.2) is 4.98 Å². The second-order valence-electron chi connectivity index (χ2n) is 5.82. The van der Waals surface area contributed by atoms with Crippen molar-refractivity contribution in [2.24, 2.45) is 0 Å². The molecule has 3 rings (SSSR count). The topological polar surface area (TPSA) is 44.1 Å². The summed E-state index contributed by atoms with van der Waals surface area (Å²) >= 11 is 0. The third kappa shape index (κ3) is 3.42. The Morgan fingerprint density at radius 2 is 1.92 bits per heavy atom. The molecule has 0 N–H and O–H groups in total. The van der Waals surface area contributed by atoms with Crippen molar-refractivity contribution in [2.75, 3.05) is 6.61 Å². The van der Waals surface area contributed by atoms with Gasteiger partial charge in [0.05, 0.1) is 24.2 Å². The molecule has 0 radical (unpaired) electrons. The zero-order chi connectivity index (χ0) is 18.9. The summed E-state index contributed by atoms with van der Waals surface area (Å²) in [6.07, 6.45) is -4.59. The highest BCUT2D eigenvalue weighted by molar-refractivity contribution is 5.94. The number of hydrogen-bond donors (Lipinski definition) is 0. The number of benzene rings is 2. The molecule has 0 atom stereocenters. The van der Waals surface area contributed by atoms with E-state index in [2.05, 4.69) is 4.98 Å². The molecular weight excluding hydrogens is 345 g/mol. The van der Waals surface area contributed by atoms with Crippen molar-refractivity contribution in [3.63, 3.8) is 0 Å². The first-order valence-corrected chi connectivity index (χ1v) is 8.10. The van der Waals surface area contributed by atoms with Gasteiger partial charge < -0.3 is 9.30 Å². The molecule has 2 aromatic carbocycles. The van der Waals surface area contributed by atoms with E-state index in [0.717, 1.165) is 4.57 Å². The summed E-state index contributed by atoms with van der Waals surface area (Å²) in [5.41, 5.74) is 1.55. The molecule has 3 aromatic rings. The summed E-state index contributed by atoms with van der Waals surface area (Å²) in [5, 5.41) is 0. The number of Topliss-reactive ketones (excluding diaryl/α,β-unsaturated/α-hetero) is 1. The van der Waals surface area contributed by atoms with Crippen LogP contribution in [0, 0.1) is 0 Å². The Morgan fingerprint density at radius 3 is 2.58 bits per heavy atom. The Labute approximate surface area is 148 Å². The van der Waals surface area contributed by atoms with E-state index in [-0.39, 0.29) is 17.8 Å². The van der Waals surface area contributed by atoms with Gasteiger partial charge in [0.1, 0.15) is 5.75 Å². The van der Waals surface area contributed by atoms with Crippen LogP contribution in [0.25, 0.3) is 11.0 Å². The van der Waals surface area contributed by atoms with Gasteiger partial charge in [0.2, 0.25) is 5.82 Å². The highest BCUT2D eigenvalue weighted by Gasteiger charge is 2.37. The maximum atomic E-state index is 13.5. The highest BCUT2D eigenvalue weighted by atomic mass is 19.4. The van der Waals surface area contributed by atoms with Crippen molar-refractivity contribution in [3.8, 4) is 5.75 Å². The van der Waals surface area contributed by atoms with Gasteiger partial charge in [0.15, 0.2) is 5.78 Å². The SMILES string of the molecule is CCOc1ccc(C(C)=O)cc1Cn1c(C(F)(F)F)nc2ccccc21. The summed E-state index contributed by atoms with van der Waals surface area (Å²) in [6.45, 7) is 3.46. The molecule has 1 aromatic heterocycles. The number of para-hydroxylation sites is 2. The molecule has 0 spiro atoms. The summed E-state index contributed by atoms with van der Waals surface area (Å²) in [4.78, 5) is 15.4. The van der Waals surface area contributed by atoms with E-state index >= 15 is 0 Å². The van der Waals surface area contributed by atoms with Gasteiger partial charge in [0, 0.05) is 11.1 Å². The lowest BCUT2D eigenvalue weighted by atomic mass is 10.1. The third-order valence-corrected chi connectivity index (χ3v) is 4.00. The molecule has 7 heteroatoms. The van der Waals surface area contributed by atoms with Crippen molar-refractivity contribution in [1.82, 2.24) is 9.55 Å². The lowest BCUT2D eigenvalue weighted by molar-refractivity contribution is -0.146. The number of halogens is 3. The van der Waals surface area contributed by atoms with Crippen molar-refractivity contribution in [3.05, 3.63) is 59.4 Å². The van der Waals surface area contributed by atoms with Gasteiger partial charge in [-0.3, -0.25) is 4.79 Å². The van der Waals surface area contributed by atoms with Crippen LogP contribution >= 0.6 is 0 Å². The van der Waals surface area contributed by atoms with Crippen LogP contribution in [0.1, 0.15) is 35.6 Å². The normalized spacial score (nSPS) is 11.7. The van der Waals surface area contributed by atoms with E-state index in [1.807, 2.05) is 0 Å². The minimum atomic E-state index is -4.59. The summed E-state index contributed by atoms with van der Waals surface area (Å²) in [7, 11) is 0. The van der Waals surface area contributed by atoms with Crippen LogP contribution in [0.2, 0.25) is 0 Å². The summed E-state index contributed by atoms with van der Waals surface area (Å²) in [6, 6.07) is 11.2. The average molecular weight is 362 g/mol. The molecule has 0 unspecified atom stereocenters. The second kappa shape index (κ2) is 6.82. The minimum Gasteiger partial charge on any atom is -0.494 e. The standard InChI is InChI=1S/C19H17F3N2O2/c1-3-26-17-9-8-13(12(2)25)10-14(17)11-24-16-7-5-4-6-15(16)23-18(24)19(20,21)22/h4-10H,3,11H2,1-2H3. The number of rotatable bonds is 5. The largest absolute Gasteiger partial charge is 0.494 e. The van der Waals surface area contributed by atoms with Crippen LogP contribution in [0.5, 0.6) is 5.75 Å². The average Bonchev–Trinajstić information content (AvgIpc) is 2.95. The van der Waals surface area contributed by atoms with E-state index in [0.29, 0.717) is 29.0 Å². The Morgan fingerprint density at radius 1 is 1.19 bits per heavy atom. The molecule has 0 bridgehead atoms. The molecule has 26 heavy (non-hydrogen) atoms. The van der Waals surface area contributed by atoms with E-state index < -0.39 is 12.0 Å². The number of aromatic nitrogens is 2. The molecular formula is C19H17F3N2O2. The maximum absolute atomic E-state index is 13.5. The van der Waals surface area contributed by atoms with E-state index in [1.165, 1.54) is 13.0 Å². The van der Waals surface area contributed by atoms with E-state index in [9.17, 15) is 18.0 Å². The number of carbonyl (C=O) groups excluding carboxylic acids is 1. The number of nitrogens with zero attached hydrogens (tertiary/aromatic N) is 2. The number of ketones is 1. The molecule has 0 aliphatic rings. The predicted molar refractivity (Wildman–Crippen MR) is 91.5 cm³/mol.